The van der Waals surface area contributed by atoms with Crippen LogP contribution >= 0.6 is 0 Å². The first kappa shape index (κ1) is 19.4. The lowest BCUT2D eigenvalue weighted by Gasteiger charge is -2.45. The molecule has 1 N–H and O–H groups in total. The van der Waals surface area contributed by atoms with Gasteiger partial charge in [-0.1, -0.05) is 29.8 Å². The van der Waals surface area contributed by atoms with Gasteiger partial charge in [0, 0.05) is 24.1 Å². The summed E-state index contributed by atoms with van der Waals surface area (Å²) in [5, 5.41) is 3.04. The second kappa shape index (κ2) is 7.73. The predicted molar refractivity (Wildman–Crippen MR) is 108 cm³/mol. The van der Waals surface area contributed by atoms with Gasteiger partial charge in [0.1, 0.15) is 5.75 Å². The van der Waals surface area contributed by atoms with Crippen LogP contribution in [0.1, 0.15) is 44.2 Å². The van der Waals surface area contributed by atoms with Gasteiger partial charge in [0.2, 0.25) is 5.91 Å². The van der Waals surface area contributed by atoms with Crippen molar-refractivity contribution >= 4 is 11.6 Å². The molecule has 1 amide bonds. The summed E-state index contributed by atoms with van der Waals surface area (Å²) in [6.07, 6.45) is 2.10. The van der Waals surface area contributed by atoms with Crippen LogP contribution in [0.3, 0.4) is 0 Å². The number of nitrogens with one attached hydrogen (secondary N) is 1. The molecule has 2 aromatic carbocycles. The highest BCUT2D eigenvalue weighted by Gasteiger charge is 2.43. The number of hydrogen-bond acceptors (Lipinski definition) is 3. The number of amides is 1. The first-order valence-corrected chi connectivity index (χ1v) is 9.47. The molecule has 0 spiro atoms. The van der Waals surface area contributed by atoms with E-state index >= 15 is 0 Å². The number of hydrogen-bond donors (Lipinski definition) is 1. The van der Waals surface area contributed by atoms with Crippen LogP contribution in [-0.2, 0) is 14.9 Å². The van der Waals surface area contributed by atoms with Crippen molar-refractivity contribution in [3.05, 3.63) is 59.7 Å². The fourth-order valence-corrected chi connectivity index (χ4v) is 4.07. The molecule has 2 aromatic rings. The number of ether oxygens (including phenoxy) is 2. The molecule has 0 unspecified atom stereocenters. The Morgan fingerprint density at radius 1 is 1.11 bits per heavy atom. The van der Waals surface area contributed by atoms with Crippen molar-refractivity contribution in [3.8, 4) is 5.75 Å². The number of aryl methyl sites for hydroxylation is 1. The molecule has 1 aliphatic heterocycles. The molecule has 1 heterocycles. The van der Waals surface area contributed by atoms with E-state index in [2.05, 4.69) is 50.4 Å². The van der Waals surface area contributed by atoms with Gasteiger partial charge in [0.05, 0.1) is 12.7 Å². The molecule has 4 nitrogen and oxygen atoms in total. The van der Waals surface area contributed by atoms with Gasteiger partial charge in [0.25, 0.3) is 0 Å². The van der Waals surface area contributed by atoms with Crippen molar-refractivity contribution in [1.29, 1.82) is 0 Å². The summed E-state index contributed by atoms with van der Waals surface area (Å²) in [6, 6.07) is 16.0. The maximum atomic E-state index is 12.9. The molecule has 1 saturated heterocycles. The van der Waals surface area contributed by atoms with Crippen molar-refractivity contribution in [1.82, 2.24) is 0 Å². The van der Waals surface area contributed by atoms with Crippen molar-refractivity contribution < 1.29 is 14.3 Å². The van der Waals surface area contributed by atoms with Gasteiger partial charge >= 0.3 is 0 Å². The molecule has 0 aliphatic carbocycles. The van der Waals surface area contributed by atoms with Crippen molar-refractivity contribution in [2.45, 2.75) is 51.0 Å². The third kappa shape index (κ3) is 4.69. The van der Waals surface area contributed by atoms with Gasteiger partial charge < -0.3 is 14.8 Å². The van der Waals surface area contributed by atoms with E-state index < -0.39 is 0 Å². The highest BCUT2D eigenvalue weighted by Crippen LogP contribution is 2.44. The number of benzene rings is 2. The molecule has 27 heavy (non-hydrogen) atoms. The Labute approximate surface area is 161 Å². The Bertz CT molecular complexity index is 780. The average molecular weight is 367 g/mol. The number of rotatable bonds is 5. The molecule has 0 bridgehead atoms. The van der Waals surface area contributed by atoms with Crippen LogP contribution in [0.25, 0.3) is 0 Å². The minimum atomic E-state index is -0.246. The molecule has 1 atom stereocenters. The van der Waals surface area contributed by atoms with E-state index in [0.717, 1.165) is 24.3 Å². The molecule has 4 heteroatoms. The molecule has 0 radical (unpaired) electrons. The number of carbonyl (C=O) groups is 1. The van der Waals surface area contributed by atoms with Gasteiger partial charge in [-0.15, -0.1) is 0 Å². The third-order valence-corrected chi connectivity index (χ3v) is 5.37. The zero-order valence-corrected chi connectivity index (χ0v) is 16.7. The van der Waals surface area contributed by atoms with E-state index in [4.69, 9.17) is 9.47 Å². The summed E-state index contributed by atoms with van der Waals surface area (Å²) in [7, 11) is 1.63. The first-order chi connectivity index (χ1) is 12.8. The van der Waals surface area contributed by atoms with Crippen LogP contribution in [0.2, 0.25) is 0 Å². The van der Waals surface area contributed by atoms with Crippen molar-refractivity contribution in [2.24, 2.45) is 0 Å². The molecule has 0 saturated carbocycles. The molecule has 1 fully saturated rings. The fourth-order valence-electron chi connectivity index (χ4n) is 4.07. The van der Waals surface area contributed by atoms with E-state index in [1.165, 1.54) is 11.1 Å². The lowest BCUT2D eigenvalue weighted by molar-refractivity contribution is -0.122. The minimum absolute atomic E-state index is 0.0263. The van der Waals surface area contributed by atoms with Crippen LogP contribution in [0.5, 0.6) is 5.75 Å². The van der Waals surface area contributed by atoms with Crippen LogP contribution < -0.4 is 10.1 Å². The van der Waals surface area contributed by atoms with Crippen LogP contribution in [0.4, 0.5) is 5.69 Å². The Kier molecular flexibility index (Phi) is 5.56. The summed E-state index contributed by atoms with van der Waals surface area (Å²) in [5.41, 5.74) is 2.76. The lowest BCUT2D eigenvalue weighted by Crippen LogP contribution is -2.45. The van der Waals surface area contributed by atoms with Crippen molar-refractivity contribution in [3.63, 3.8) is 0 Å². The average Bonchev–Trinajstić information content (AvgIpc) is 2.62. The lowest BCUT2D eigenvalue weighted by atomic mass is 9.67. The SMILES string of the molecule is COc1ccc(NC(=O)C[C@@]2(c3ccc(C)cc3)CCOC(C)(C)C2)cc1. The van der Waals surface area contributed by atoms with Crippen LogP contribution in [0.15, 0.2) is 48.5 Å². The van der Waals surface area contributed by atoms with Gasteiger partial charge in [-0.3, -0.25) is 4.79 Å². The monoisotopic (exact) mass is 367 g/mol. The first-order valence-electron chi connectivity index (χ1n) is 9.47. The summed E-state index contributed by atoms with van der Waals surface area (Å²) >= 11 is 0. The standard InChI is InChI=1S/C23H29NO3/c1-17-5-7-18(8-6-17)23(13-14-27-22(2,3)16-23)15-21(25)24-19-9-11-20(26-4)12-10-19/h5-12H,13-16H2,1-4H3,(H,24,25)/t23-/m0/s1. The minimum Gasteiger partial charge on any atom is -0.497 e. The zero-order chi connectivity index (χ0) is 19.5. The summed E-state index contributed by atoms with van der Waals surface area (Å²) < 4.78 is 11.1. The second-order valence-electron chi connectivity index (χ2n) is 8.13. The highest BCUT2D eigenvalue weighted by molar-refractivity contribution is 5.91. The Balaban J connectivity index is 1.82. The van der Waals surface area contributed by atoms with Gasteiger partial charge in [-0.2, -0.15) is 0 Å². The van der Waals surface area contributed by atoms with Gasteiger partial charge in [0.15, 0.2) is 0 Å². The molecule has 3 rings (SSSR count). The normalized spacial score (nSPS) is 21.5. The maximum Gasteiger partial charge on any atom is 0.225 e. The summed E-state index contributed by atoms with van der Waals surface area (Å²) in [5.74, 6) is 0.800. The smallest absolute Gasteiger partial charge is 0.225 e. The van der Waals surface area contributed by atoms with Crippen LogP contribution in [0, 0.1) is 6.92 Å². The van der Waals surface area contributed by atoms with E-state index in [9.17, 15) is 4.79 Å². The molecular formula is C23H29NO3. The van der Waals surface area contributed by atoms with Gasteiger partial charge in [-0.25, -0.2) is 0 Å². The number of anilines is 1. The van der Waals surface area contributed by atoms with Gasteiger partial charge in [-0.05, 0) is 63.4 Å². The summed E-state index contributed by atoms with van der Waals surface area (Å²) in [6.45, 7) is 6.96. The van der Waals surface area contributed by atoms with E-state index in [1.807, 2.05) is 24.3 Å². The van der Waals surface area contributed by atoms with E-state index in [-0.39, 0.29) is 16.9 Å². The van der Waals surface area contributed by atoms with Crippen molar-refractivity contribution in [2.75, 3.05) is 19.0 Å². The molecule has 1 aliphatic rings. The quantitative estimate of drug-likeness (QED) is 0.821. The number of methoxy groups -OCH3 is 1. The second-order valence-corrected chi connectivity index (χ2v) is 8.13. The summed E-state index contributed by atoms with van der Waals surface area (Å²) in [4.78, 5) is 12.9. The highest BCUT2D eigenvalue weighted by atomic mass is 16.5. The largest absolute Gasteiger partial charge is 0.497 e. The zero-order valence-electron chi connectivity index (χ0n) is 16.7. The molecular weight excluding hydrogens is 338 g/mol. The topological polar surface area (TPSA) is 47.6 Å². The third-order valence-electron chi connectivity index (χ3n) is 5.37. The Morgan fingerprint density at radius 2 is 1.78 bits per heavy atom. The Hall–Kier alpha value is -2.33. The predicted octanol–water partition coefficient (Wildman–Crippen LogP) is 4.86. The fraction of sp³-hybridized carbons (Fsp3) is 0.435. The maximum absolute atomic E-state index is 12.9. The van der Waals surface area contributed by atoms with Crippen LogP contribution in [-0.4, -0.2) is 25.2 Å². The van der Waals surface area contributed by atoms with E-state index in [0.29, 0.717) is 13.0 Å². The van der Waals surface area contributed by atoms with E-state index in [1.54, 1.807) is 7.11 Å². The molecule has 144 valence electrons. The Morgan fingerprint density at radius 3 is 2.37 bits per heavy atom. The number of carbonyl (C=O) groups excluding carboxylic acids is 1. The molecule has 0 aromatic heterocycles.